The summed E-state index contributed by atoms with van der Waals surface area (Å²) < 4.78 is 45.6. The van der Waals surface area contributed by atoms with Crippen LogP contribution in [0.4, 0.5) is 5.69 Å². The molecule has 3 aromatic carbocycles. The average Bonchev–Trinajstić information content (AvgIpc) is 3.15. The number of rotatable bonds is 4. The van der Waals surface area contributed by atoms with Gasteiger partial charge in [-0.05, 0) is 37.3 Å². The molecule has 2 heterocycles. The van der Waals surface area contributed by atoms with Crippen LogP contribution in [0, 0.1) is 6.92 Å². The fourth-order valence-corrected chi connectivity index (χ4v) is 5.94. The van der Waals surface area contributed by atoms with Crippen LogP contribution in [0.25, 0.3) is 0 Å². The molecule has 0 fully saturated rings. The lowest BCUT2D eigenvalue weighted by molar-refractivity contribution is 0.206. The molecule has 1 N–H and O–H groups in total. The van der Waals surface area contributed by atoms with Crippen LogP contribution >= 0.6 is 0 Å². The maximum absolute atomic E-state index is 13.7. The monoisotopic (exact) mass is 453 g/mol. The third kappa shape index (κ3) is 3.05. The molecule has 2 aliphatic rings. The van der Waals surface area contributed by atoms with E-state index in [0.717, 1.165) is 16.7 Å². The lowest BCUT2D eigenvalue weighted by atomic mass is 9.87. The van der Waals surface area contributed by atoms with Crippen molar-refractivity contribution in [3.8, 4) is 23.0 Å². The molecule has 2 atom stereocenters. The average molecular weight is 454 g/mol. The van der Waals surface area contributed by atoms with E-state index in [1.54, 1.807) is 55.6 Å². The molecule has 2 unspecified atom stereocenters. The van der Waals surface area contributed by atoms with Gasteiger partial charge in [-0.15, -0.1) is 0 Å². The summed E-state index contributed by atoms with van der Waals surface area (Å²) in [7, 11) is -0.828. The van der Waals surface area contributed by atoms with E-state index in [1.165, 1.54) is 11.4 Å². The number of phenolic OH excluding ortho intramolecular Hbond substituents is 1. The molecular formula is C24H23NO6S. The van der Waals surface area contributed by atoms with Crippen molar-refractivity contribution in [1.82, 2.24) is 0 Å². The molecule has 5 rings (SSSR count). The number of ether oxygens (including phenoxy) is 3. The minimum Gasteiger partial charge on any atom is -0.504 e. The highest BCUT2D eigenvalue weighted by Gasteiger charge is 2.46. The number of sulfonamides is 1. The minimum absolute atomic E-state index is 0.0102. The molecule has 0 aliphatic carbocycles. The van der Waals surface area contributed by atoms with Crippen molar-refractivity contribution in [2.75, 3.05) is 25.1 Å². The molecule has 3 aromatic rings. The van der Waals surface area contributed by atoms with Gasteiger partial charge in [-0.25, -0.2) is 8.42 Å². The van der Waals surface area contributed by atoms with Crippen molar-refractivity contribution in [2.24, 2.45) is 0 Å². The zero-order valence-electron chi connectivity index (χ0n) is 17.9. The van der Waals surface area contributed by atoms with Gasteiger partial charge in [-0.3, -0.25) is 4.31 Å². The molecule has 0 bridgehead atoms. The van der Waals surface area contributed by atoms with E-state index in [0.29, 0.717) is 22.9 Å². The first kappa shape index (κ1) is 20.5. The molecule has 7 nitrogen and oxygen atoms in total. The molecule has 2 aliphatic heterocycles. The Kier molecular flexibility index (Phi) is 4.70. The van der Waals surface area contributed by atoms with E-state index < -0.39 is 10.0 Å². The second-order valence-corrected chi connectivity index (χ2v) is 9.84. The van der Waals surface area contributed by atoms with Gasteiger partial charge in [0.2, 0.25) is 0 Å². The summed E-state index contributed by atoms with van der Waals surface area (Å²) in [6.45, 7) is 2.08. The van der Waals surface area contributed by atoms with E-state index in [2.05, 4.69) is 0 Å². The molecule has 0 radical (unpaired) electrons. The fraction of sp³-hybridized carbons (Fsp3) is 0.250. The Bertz CT molecular complexity index is 1300. The number of methoxy groups -OCH3 is 2. The zero-order valence-corrected chi connectivity index (χ0v) is 18.7. The summed E-state index contributed by atoms with van der Waals surface area (Å²) in [4.78, 5) is 0.215. The van der Waals surface area contributed by atoms with Crippen LogP contribution in [0.1, 0.15) is 28.7 Å². The third-order valence-corrected chi connectivity index (χ3v) is 7.91. The van der Waals surface area contributed by atoms with Crippen LogP contribution < -0.4 is 18.5 Å². The Morgan fingerprint density at radius 3 is 2.44 bits per heavy atom. The number of fused-ring (bicyclic) bond motifs is 5. The number of hydrogen-bond donors (Lipinski definition) is 1. The first-order chi connectivity index (χ1) is 15.3. The van der Waals surface area contributed by atoms with Gasteiger partial charge < -0.3 is 19.3 Å². The molecule has 32 heavy (non-hydrogen) atoms. The molecular weight excluding hydrogens is 430 g/mol. The van der Waals surface area contributed by atoms with Gasteiger partial charge in [-0.1, -0.05) is 17.7 Å². The largest absolute Gasteiger partial charge is 0.504 e. The summed E-state index contributed by atoms with van der Waals surface area (Å²) in [5, 5.41) is 10.3. The van der Waals surface area contributed by atoms with Crippen LogP contribution in [-0.2, 0) is 10.0 Å². The number of hydrogen-bond acceptors (Lipinski definition) is 6. The van der Waals surface area contributed by atoms with Crippen molar-refractivity contribution in [1.29, 1.82) is 0 Å². The smallest absolute Gasteiger partial charge is 0.264 e. The van der Waals surface area contributed by atoms with E-state index in [4.69, 9.17) is 14.2 Å². The van der Waals surface area contributed by atoms with Crippen molar-refractivity contribution in [3.63, 3.8) is 0 Å². The highest BCUT2D eigenvalue weighted by atomic mass is 32.2. The fourth-order valence-electron chi connectivity index (χ4n) is 4.43. The standard InChI is InChI=1S/C24H23NO6S/c1-14-4-7-16(8-5-14)32(27,28)25-13-19-18-11-21(26)23(30-3)12-22(18)31-24(19)17-9-6-15(29-2)10-20(17)25/h4-12,19,24,26H,13H2,1-3H3. The van der Waals surface area contributed by atoms with E-state index >= 15 is 0 Å². The highest BCUT2D eigenvalue weighted by molar-refractivity contribution is 7.92. The van der Waals surface area contributed by atoms with Crippen LogP contribution in [-0.4, -0.2) is 34.3 Å². The predicted octanol–water partition coefficient (Wildman–Crippen LogP) is 4.14. The number of nitrogens with zero attached hydrogens (tertiary/aromatic N) is 1. The van der Waals surface area contributed by atoms with E-state index in [9.17, 15) is 13.5 Å². The summed E-state index contributed by atoms with van der Waals surface area (Å²) in [5.74, 6) is 1.14. The van der Waals surface area contributed by atoms with Crippen molar-refractivity contribution in [3.05, 3.63) is 71.3 Å². The molecule has 0 spiro atoms. The Morgan fingerprint density at radius 1 is 1.00 bits per heavy atom. The quantitative estimate of drug-likeness (QED) is 0.639. The Morgan fingerprint density at radius 2 is 1.75 bits per heavy atom. The van der Waals surface area contributed by atoms with Crippen LogP contribution in [0.5, 0.6) is 23.0 Å². The lowest BCUT2D eigenvalue weighted by Crippen LogP contribution is -2.40. The molecule has 0 saturated carbocycles. The maximum atomic E-state index is 13.7. The van der Waals surface area contributed by atoms with Gasteiger partial charge in [0.1, 0.15) is 17.6 Å². The van der Waals surface area contributed by atoms with Gasteiger partial charge >= 0.3 is 0 Å². The Hall–Kier alpha value is -3.39. The van der Waals surface area contributed by atoms with Gasteiger partial charge in [0.15, 0.2) is 11.5 Å². The summed E-state index contributed by atoms with van der Waals surface area (Å²) in [6.07, 6.45) is -0.387. The number of benzene rings is 3. The lowest BCUT2D eigenvalue weighted by Gasteiger charge is -2.36. The van der Waals surface area contributed by atoms with Crippen LogP contribution in [0.3, 0.4) is 0 Å². The van der Waals surface area contributed by atoms with E-state index in [1.807, 2.05) is 13.0 Å². The summed E-state index contributed by atoms with van der Waals surface area (Å²) >= 11 is 0. The third-order valence-electron chi connectivity index (χ3n) is 6.11. The van der Waals surface area contributed by atoms with Crippen LogP contribution in [0.2, 0.25) is 0 Å². The number of aryl methyl sites for hydroxylation is 1. The molecule has 166 valence electrons. The minimum atomic E-state index is -3.85. The predicted molar refractivity (Wildman–Crippen MR) is 119 cm³/mol. The maximum Gasteiger partial charge on any atom is 0.264 e. The van der Waals surface area contributed by atoms with Crippen molar-refractivity contribution >= 4 is 15.7 Å². The van der Waals surface area contributed by atoms with E-state index in [-0.39, 0.29) is 29.2 Å². The van der Waals surface area contributed by atoms with Crippen LogP contribution in [0.15, 0.2) is 59.5 Å². The first-order valence-corrected chi connectivity index (χ1v) is 11.6. The Labute approximate surface area is 186 Å². The number of anilines is 1. The second kappa shape index (κ2) is 7.34. The Balaban J connectivity index is 1.67. The topological polar surface area (TPSA) is 85.3 Å². The normalized spacial score (nSPS) is 18.9. The molecule has 0 aromatic heterocycles. The molecule has 0 amide bonds. The zero-order chi connectivity index (χ0) is 22.6. The van der Waals surface area contributed by atoms with Gasteiger partial charge in [-0.2, -0.15) is 0 Å². The summed E-state index contributed by atoms with van der Waals surface area (Å²) in [5.41, 5.74) is 2.99. The highest BCUT2D eigenvalue weighted by Crippen LogP contribution is 2.55. The van der Waals surface area contributed by atoms with Gasteiger partial charge in [0.05, 0.1) is 24.8 Å². The summed E-state index contributed by atoms with van der Waals surface area (Å²) in [6, 6.07) is 15.4. The number of aromatic hydroxyl groups is 1. The number of phenols is 1. The van der Waals surface area contributed by atoms with Crippen molar-refractivity contribution in [2.45, 2.75) is 23.8 Å². The SMILES string of the molecule is COc1ccc2c(c1)N(S(=O)(=O)c1ccc(C)cc1)CC1c3cc(O)c(OC)cc3OC21. The van der Waals surface area contributed by atoms with Gasteiger partial charge in [0, 0.05) is 35.7 Å². The molecule has 8 heteroatoms. The molecule has 0 saturated heterocycles. The second-order valence-electron chi connectivity index (χ2n) is 7.98. The van der Waals surface area contributed by atoms with Crippen molar-refractivity contribution < 1.29 is 27.7 Å². The van der Waals surface area contributed by atoms with Gasteiger partial charge in [0.25, 0.3) is 10.0 Å². The first-order valence-electron chi connectivity index (χ1n) is 10.2.